The molecule has 0 fully saturated rings. The maximum atomic E-state index is 5.73. The van der Waals surface area contributed by atoms with E-state index >= 15 is 0 Å². The lowest BCUT2D eigenvalue weighted by Gasteiger charge is -2.13. The van der Waals surface area contributed by atoms with E-state index in [4.69, 9.17) is 9.47 Å². The third-order valence-corrected chi connectivity index (χ3v) is 4.08. The quantitative estimate of drug-likeness (QED) is 0.454. The molecule has 2 N–H and O–H groups in total. The maximum Gasteiger partial charge on any atom is 0.195 e. The molecule has 1 aromatic rings. The Morgan fingerprint density at radius 1 is 1.22 bits per heavy atom. The van der Waals surface area contributed by atoms with Gasteiger partial charge in [0.25, 0.3) is 0 Å². The molecule has 0 unspecified atom stereocenters. The fourth-order valence-corrected chi connectivity index (χ4v) is 2.73. The van der Waals surface area contributed by atoms with Gasteiger partial charge in [0.15, 0.2) is 17.5 Å². The SMILES string of the molecule is CCNC(=NCCCCSC)Nc1ccc2c(c1)OCCCO2. The standard InChI is InChI=1S/C17H27N3O2S/c1-3-18-17(19-9-4-5-12-23-2)20-14-7-8-15-16(13-14)22-11-6-10-21-15/h7-8,13H,3-6,9-12H2,1-2H3,(H2,18,19,20). The second-order valence-corrected chi connectivity index (χ2v) is 6.28. The topological polar surface area (TPSA) is 54.9 Å². The predicted octanol–water partition coefficient (Wildman–Crippen LogP) is 3.37. The van der Waals surface area contributed by atoms with Gasteiger partial charge in [-0.15, -0.1) is 0 Å². The fourth-order valence-electron chi connectivity index (χ4n) is 2.23. The summed E-state index contributed by atoms with van der Waals surface area (Å²) in [7, 11) is 0. The molecule has 0 spiro atoms. The highest BCUT2D eigenvalue weighted by Gasteiger charge is 2.11. The summed E-state index contributed by atoms with van der Waals surface area (Å²) in [5.41, 5.74) is 0.957. The Balaban J connectivity index is 1.96. The largest absolute Gasteiger partial charge is 0.490 e. The minimum atomic E-state index is 0.694. The van der Waals surface area contributed by atoms with E-state index in [-0.39, 0.29) is 0 Å². The van der Waals surface area contributed by atoms with Gasteiger partial charge in [0, 0.05) is 31.3 Å². The molecular weight excluding hydrogens is 310 g/mol. The Bertz CT molecular complexity index is 509. The van der Waals surface area contributed by atoms with Crippen LogP contribution in [0.15, 0.2) is 23.2 Å². The van der Waals surface area contributed by atoms with Gasteiger partial charge in [-0.25, -0.2) is 0 Å². The van der Waals surface area contributed by atoms with Crippen molar-refractivity contribution < 1.29 is 9.47 Å². The Morgan fingerprint density at radius 3 is 2.83 bits per heavy atom. The molecule has 128 valence electrons. The lowest BCUT2D eigenvalue weighted by atomic mass is 10.2. The Kier molecular flexibility index (Phi) is 7.93. The van der Waals surface area contributed by atoms with Crippen molar-refractivity contribution in [1.82, 2.24) is 5.32 Å². The van der Waals surface area contributed by atoms with Gasteiger partial charge in [-0.2, -0.15) is 11.8 Å². The first-order valence-corrected chi connectivity index (χ1v) is 9.66. The zero-order valence-electron chi connectivity index (χ0n) is 14.1. The molecule has 0 bridgehead atoms. The number of guanidine groups is 1. The first-order chi connectivity index (χ1) is 11.3. The first kappa shape index (κ1) is 17.8. The number of aliphatic imine (C=N–C) groups is 1. The van der Waals surface area contributed by atoms with Crippen molar-refractivity contribution in [2.75, 3.05) is 43.6 Å². The van der Waals surface area contributed by atoms with Crippen molar-refractivity contribution in [2.45, 2.75) is 26.2 Å². The molecule has 6 heteroatoms. The van der Waals surface area contributed by atoms with Crippen LogP contribution in [0.3, 0.4) is 0 Å². The molecule has 0 saturated heterocycles. The molecule has 0 aromatic heterocycles. The molecule has 0 saturated carbocycles. The second kappa shape index (κ2) is 10.3. The number of thioether (sulfide) groups is 1. The van der Waals surface area contributed by atoms with E-state index in [2.05, 4.69) is 28.8 Å². The lowest BCUT2D eigenvalue weighted by Crippen LogP contribution is -2.30. The van der Waals surface area contributed by atoms with Gasteiger partial charge >= 0.3 is 0 Å². The number of fused-ring (bicyclic) bond motifs is 1. The highest BCUT2D eigenvalue weighted by Crippen LogP contribution is 2.32. The number of rotatable bonds is 7. The highest BCUT2D eigenvalue weighted by atomic mass is 32.2. The van der Waals surface area contributed by atoms with Crippen LogP contribution in [0, 0.1) is 0 Å². The molecule has 23 heavy (non-hydrogen) atoms. The van der Waals surface area contributed by atoms with E-state index in [9.17, 15) is 0 Å². The van der Waals surface area contributed by atoms with Crippen LogP contribution in [0.5, 0.6) is 11.5 Å². The van der Waals surface area contributed by atoms with Gasteiger partial charge in [-0.05, 0) is 43.9 Å². The van der Waals surface area contributed by atoms with Crippen molar-refractivity contribution in [3.05, 3.63) is 18.2 Å². The molecule has 0 amide bonds. The van der Waals surface area contributed by atoms with Crippen LogP contribution in [0.4, 0.5) is 5.69 Å². The molecule has 1 aromatic carbocycles. The smallest absolute Gasteiger partial charge is 0.195 e. The summed E-state index contributed by atoms with van der Waals surface area (Å²) in [5, 5.41) is 6.62. The average molecular weight is 337 g/mol. The van der Waals surface area contributed by atoms with Gasteiger partial charge in [0.1, 0.15) is 0 Å². The van der Waals surface area contributed by atoms with Crippen molar-refractivity contribution >= 4 is 23.4 Å². The third kappa shape index (κ3) is 6.22. The van der Waals surface area contributed by atoms with Crippen LogP contribution < -0.4 is 20.1 Å². The first-order valence-electron chi connectivity index (χ1n) is 8.27. The minimum absolute atomic E-state index is 0.694. The van der Waals surface area contributed by atoms with Crippen LogP contribution in [0.2, 0.25) is 0 Å². The summed E-state index contributed by atoms with van der Waals surface area (Å²) in [6.45, 7) is 5.14. The van der Waals surface area contributed by atoms with Crippen LogP contribution in [-0.2, 0) is 0 Å². The van der Waals surface area contributed by atoms with Gasteiger partial charge in [0.2, 0.25) is 0 Å². The molecule has 1 aliphatic heterocycles. The number of benzene rings is 1. The summed E-state index contributed by atoms with van der Waals surface area (Å²) in [6, 6.07) is 5.92. The zero-order chi connectivity index (χ0) is 16.3. The summed E-state index contributed by atoms with van der Waals surface area (Å²) >= 11 is 1.88. The van der Waals surface area contributed by atoms with E-state index < -0.39 is 0 Å². The second-order valence-electron chi connectivity index (χ2n) is 5.30. The molecular formula is C17H27N3O2S. The molecule has 1 aliphatic rings. The predicted molar refractivity (Wildman–Crippen MR) is 99.3 cm³/mol. The van der Waals surface area contributed by atoms with E-state index in [1.165, 1.54) is 12.2 Å². The lowest BCUT2D eigenvalue weighted by molar-refractivity contribution is 0.297. The maximum absolute atomic E-state index is 5.73. The Hall–Kier alpha value is -1.56. The van der Waals surface area contributed by atoms with Crippen LogP contribution in [-0.4, -0.2) is 44.3 Å². The van der Waals surface area contributed by atoms with E-state index in [0.717, 1.165) is 49.1 Å². The summed E-state index contributed by atoms with van der Waals surface area (Å²) in [4.78, 5) is 4.62. The monoisotopic (exact) mass is 337 g/mol. The fraction of sp³-hybridized carbons (Fsp3) is 0.588. The number of anilines is 1. The number of hydrogen-bond donors (Lipinski definition) is 2. The van der Waals surface area contributed by atoms with Crippen molar-refractivity contribution in [2.24, 2.45) is 4.99 Å². The van der Waals surface area contributed by atoms with Gasteiger partial charge in [0.05, 0.1) is 13.2 Å². The molecule has 2 rings (SSSR count). The van der Waals surface area contributed by atoms with Gasteiger partial charge in [-0.1, -0.05) is 0 Å². The molecule has 5 nitrogen and oxygen atoms in total. The molecule has 1 heterocycles. The molecule has 0 aliphatic carbocycles. The molecule has 0 atom stereocenters. The summed E-state index contributed by atoms with van der Waals surface area (Å²) < 4.78 is 11.4. The van der Waals surface area contributed by atoms with E-state index in [1.807, 2.05) is 30.0 Å². The van der Waals surface area contributed by atoms with Crippen LogP contribution >= 0.6 is 11.8 Å². The van der Waals surface area contributed by atoms with Gasteiger partial charge in [-0.3, -0.25) is 4.99 Å². The Morgan fingerprint density at radius 2 is 2.04 bits per heavy atom. The minimum Gasteiger partial charge on any atom is -0.490 e. The van der Waals surface area contributed by atoms with Gasteiger partial charge < -0.3 is 20.1 Å². The number of unbranched alkanes of at least 4 members (excludes halogenated alkanes) is 1. The van der Waals surface area contributed by atoms with Crippen molar-refractivity contribution in [1.29, 1.82) is 0 Å². The zero-order valence-corrected chi connectivity index (χ0v) is 14.9. The number of ether oxygens (including phenoxy) is 2. The van der Waals surface area contributed by atoms with Crippen LogP contribution in [0.25, 0.3) is 0 Å². The number of nitrogens with zero attached hydrogens (tertiary/aromatic N) is 1. The van der Waals surface area contributed by atoms with E-state index in [0.29, 0.717) is 13.2 Å². The molecule has 0 radical (unpaired) electrons. The number of hydrogen-bond acceptors (Lipinski definition) is 4. The average Bonchev–Trinajstić information content (AvgIpc) is 2.79. The normalized spacial score (nSPS) is 14.3. The Labute approximate surface area is 143 Å². The van der Waals surface area contributed by atoms with E-state index in [1.54, 1.807) is 0 Å². The number of nitrogens with one attached hydrogen (secondary N) is 2. The van der Waals surface area contributed by atoms with Crippen LogP contribution in [0.1, 0.15) is 26.2 Å². The van der Waals surface area contributed by atoms with Crippen molar-refractivity contribution in [3.8, 4) is 11.5 Å². The third-order valence-electron chi connectivity index (χ3n) is 3.38. The highest BCUT2D eigenvalue weighted by molar-refractivity contribution is 7.98. The van der Waals surface area contributed by atoms with Crippen molar-refractivity contribution in [3.63, 3.8) is 0 Å². The summed E-state index contributed by atoms with van der Waals surface area (Å²) in [5.74, 6) is 3.61. The summed E-state index contributed by atoms with van der Waals surface area (Å²) in [6.07, 6.45) is 5.36.